The van der Waals surface area contributed by atoms with Crippen LogP contribution < -0.4 is 27.2 Å². The van der Waals surface area contributed by atoms with E-state index >= 15 is 0 Å². The Labute approximate surface area is 282 Å². The molecule has 0 fully saturated rings. The predicted octanol–water partition coefficient (Wildman–Crippen LogP) is 2.37. The van der Waals surface area contributed by atoms with Gasteiger partial charge in [-0.15, -0.1) is 0 Å². The molecule has 258 valence electrons. The Morgan fingerprint density at radius 1 is 0.959 bits per heavy atom. The highest BCUT2D eigenvalue weighted by Crippen LogP contribution is 2.13. The van der Waals surface area contributed by atoms with Crippen LogP contribution in [0.4, 0.5) is 11.6 Å². The number of hydrogen-bond donors (Lipinski definition) is 6. The SMILES string of the molecule is CC(Cc1ccccc1)NC(=O)CCOCCCC(=O)CC[C@H](NC(=O)c1ccc(NCc2cnc3nc(N)[nH]c(=O)c3n2)cc1)C(=O)O. The first-order valence-corrected chi connectivity index (χ1v) is 15.9. The average Bonchev–Trinajstić information content (AvgIpc) is 3.07. The molecule has 15 heteroatoms. The Morgan fingerprint density at radius 2 is 1.71 bits per heavy atom. The molecule has 0 aliphatic heterocycles. The zero-order valence-electron chi connectivity index (χ0n) is 27.1. The summed E-state index contributed by atoms with van der Waals surface area (Å²) >= 11 is 0. The number of aromatic nitrogens is 4. The number of ketones is 1. The van der Waals surface area contributed by atoms with Gasteiger partial charge in [-0.05, 0) is 56.0 Å². The van der Waals surface area contributed by atoms with Crippen LogP contribution in [0.3, 0.4) is 0 Å². The molecule has 2 heterocycles. The van der Waals surface area contributed by atoms with Gasteiger partial charge in [-0.25, -0.2) is 14.8 Å². The highest BCUT2D eigenvalue weighted by molar-refractivity contribution is 5.97. The van der Waals surface area contributed by atoms with Crippen LogP contribution in [0.25, 0.3) is 11.2 Å². The van der Waals surface area contributed by atoms with Gasteiger partial charge in [-0.1, -0.05) is 30.3 Å². The number of Topliss-reactive ketones (excluding diaryl/α,β-unsaturated/α-hetero) is 1. The van der Waals surface area contributed by atoms with E-state index < -0.39 is 23.5 Å². The molecular formula is C34H40N8O7. The molecule has 2 aromatic heterocycles. The largest absolute Gasteiger partial charge is 0.480 e. The summed E-state index contributed by atoms with van der Waals surface area (Å²) in [5.41, 5.74) is 7.71. The maximum absolute atomic E-state index is 12.7. The molecule has 2 atom stereocenters. The fourth-order valence-electron chi connectivity index (χ4n) is 4.92. The van der Waals surface area contributed by atoms with E-state index in [0.29, 0.717) is 24.4 Å². The molecule has 0 aliphatic rings. The van der Waals surface area contributed by atoms with Gasteiger partial charge in [0.2, 0.25) is 11.9 Å². The highest BCUT2D eigenvalue weighted by Gasteiger charge is 2.22. The first-order valence-electron chi connectivity index (χ1n) is 15.9. The van der Waals surface area contributed by atoms with E-state index in [1.54, 1.807) is 12.1 Å². The molecule has 1 unspecified atom stereocenters. The minimum absolute atomic E-state index is 0.00564. The number of aliphatic carboxylic acids is 1. The number of benzene rings is 2. The number of fused-ring (bicyclic) bond motifs is 1. The van der Waals surface area contributed by atoms with Gasteiger partial charge in [0.1, 0.15) is 11.8 Å². The van der Waals surface area contributed by atoms with E-state index in [0.717, 1.165) is 12.0 Å². The van der Waals surface area contributed by atoms with Crippen molar-refractivity contribution in [1.29, 1.82) is 0 Å². The third-order valence-electron chi connectivity index (χ3n) is 7.43. The Bertz CT molecular complexity index is 1800. The van der Waals surface area contributed by atoms with E-state index in [2.05, 4.69) is 35.9 Å². The second-order valence-corrected chi connectivity index (χ2v) is 11.5. The number of H-pyrrole nitrogens is 1. The van der Waals surface area contributed by atoms with E-state index in [1.807, 2.05) is 37.3 Å². The Morgan fingerprint density at radius 3 is 2.45 bits per heavy atom. The number of nitrogens with zero attached hydrogens (tertiary/aromatic N) is 3. The molecule has 4 rings (SSSR count). The van der Waals surface area contributed by atoms with Crippen molar-refractivity contribution >= 4 is 46.4 Å². The standard InChI is InChI=1S/C34H40N8O7/c1-21(18-22-6-3-2-4-7-22)38-28(44)15-17-49-16-5-8-26(43)13-14-27(33(47)48)40-31(45)23-9-11-24(12-10-23)36-19-25-20-37-30-29(39-25)32(46)42-34(35)41-30/h2-4,6-7,9-12,20-21,27,36H,5,8,13-19H2,1H3,(H,38,44)(H,40,45)(H,47,48)(H3,35,37,41,42,46)/t21?,27-/m0/s1. The van der Waals surface area contributed by atoms with Crippen molar-refractivity contribution in [2.75, 3.05) is 24.3 Å². The number of amides is 2. The summed E-state index contributed by atoms with van der Waals surface area (Å²) in [6.07, 6.45) is 2.97. The van der Waals surface area contributed by atoms with Crippen molar-refractivity contribution in [3.05, 3.63) is 88.0 Å². The van der Waals surface area contributed by atoms with Gasteiger partial charge in [0.25, 0.3) is 11.5 Å². The van der Waals surface area contributed by atoms with Crippen molar-refractivity contribution in [2.24, 2.45) is 0 Å². The molecule has 0 aliphatic carbocycles. The number of nitrogen functional groups attached to an aromatic ring is 1. The van der Waals surface area contributed by atoms with Crippen LogP contribution in [-0.4, -0.2) is 73.9 Å². The first kappa shape index (κ1) is 36.1. The molecule has 0 saturated carbocycles. The summed E-state index contributed by atoms with van der Waals surface area (Å²) in [7, 11) is 0. The van der Waals surface area contributed by atoms with Gasteiger partial charge in [0.15, 0.2) is 11.2 Å². The summed E-state index contributed by atoms with van der Waals surface area (Å²) in [5, 5.41) is 18.1. The molecular weight excluding hydrogens is 632 g/mol. The lowest BCUT2D eigenvalue weighted by molar-refractivity contribution is -0.139. The minimum atomic E-state index is -1.24. The lowest BCUT2D eigenvalue weighted by Gasteiger charge is -2.15. The maximum Gasteiger partial charge on any atom is 0.326 e. The molecule has 7 N–H and O–H groups in total. The summed E-state index contributed by atoms with van der Waals surface area (Å²) in [5.74, 6) is -2.14. The summed E-state index contributed by atoms with van der Waals surface area (Å²) in [4.78, 5) is 75.8. The number of nitrogens with two attached hydrogens (primary N) is 1. The van der Waals surface area contributed by atoms with Gasteiger partial charge in [-0.2, -0.15) is 4.98 Å². The topological polar surface area (TPSA) is 231 Å². The number of carboxylic acid groups (broad SMARTS) is 1. The van der Waals surface area contributed by atoms with Crippen LogP contribution in [0.1, 0.15) is 60.6 Å². The zero-order valence-corrected chi connectivity index (χ0v) is 27.1. The Balaban J connectivity index is 1.11. The van der Waals surface area contributed by atoms with Crippen molar-refractivity contribution in [3.63, 3.8) is 0 Å². The van der Waals surface area contributed by atoms with Crippen LogP contribution in [-0.2, 0) is 32.1 Å². The van der Waals surface area contributed by atoms with Crippen LogP contribution >= 0.6 is 0 Å². The highest BCUT2D eigenvalue weighted by atomic mass is 16.5. The smallest absolute Gasteiger partial charge is 0.326 e. The molecule has 4 aromatic rings. The second-order valence-electron chi connectivity index (χ2n) is 11.5. The number of anilines is 2. The predicted molar refractivity (Wildman–Crippen MR) is 182 cm³/mol. The monoisotopic (exact) mass is 672 g/mol. The molecule has 15 nitrogen and oxygen atoms in total. The quantitative estimate of drug-likeness (QED) is 0.0789. The van der Waals surface area contributed by atoms with E-state index in [1.165, 1.54) is 18.3 Å². The molecule has 2 amide bonds. The molecule has 49 heavy (non-hydrogen) atoms. The number of ether oxygens (including phenoxy) is 1. The van der Waals surface area contributed by atoms with Crippen LogP contribution in [0.2, 0.25) is 0 Å². The summed E-state index contributed by atoms with van der Waals surface area (Å²) in [6, 6.07) is 15.0. The molecule has 2 aromatic carbocycles. The molecule has 0 bridgehead atoms. The Hall–Kier alpha value is -5.70. The second kappa shape index (κ2) is 18.0. The van der Waals surface area contributed by atoms with E-state index in [-0.39, 0.29) is 79.2 Å². The number of nitrogens with one attached hydrogen (secondary N) is 4. The van der Waals surface area contributed by atoms with Crippen molar-refractivity contribution in [1.82, 2.24) is 30.6 Å². The average molecular weight is 673 g/mol. The van der Waals surface area contributed by atoms with Crippen molar-refractivity contribution in [2.45, 2.75) is 64.1 Å². The Kier molecular flexibility index (Phi) is 13.3. The number of rotatable bonds is 19. The number of carbonyl (C=O) groups is 4. The number of hydrogen-bond acceptors (Lipinski definition) is 11. The van der Waals surface area contributed by atoms with E-state index in [4.69, 9.17) is 10.5 Å². The number of carbonyl (C=O) groups excluding carboxylic acids is 3. The van der Waals surface area contributed by atoms with Gasteiger partial charge < -0.3 is 31.5 Å². The third-order valence-corrected chi connectivity index (χ3v) is 7.43. The number of carboxylic acids is 1. The molecule has 0 saturated heterocycles. The van der Waals surface area contributed by atoms with Gasteiger partial charge in [0.05, 0.1) is 25.0 Å². The van der Waals surface area contributed by atoms with Crippen LogP contribution in [0, 0.1) is 0 Å². The lowest BCUT2D eigenvalue weighted by atomic mass is 10.1. The molecule has 0 radical (unpaired) electrons. The minimum Gasteiger partial charge on any atom is -0.480 e. The van der Waals surface area contributed by atoms with E-state index in [9.17, 15) is 29.1 Å². The van der Waals surface area contributed by atoms with Crippen molar-refractivity contribution in [3.8, 4) is 0 Å². The van der Waals surface area contributed by atoms with Gasteiger partial charge in [-0.3, -0.25) is 24.2 Å². The number of aromatic amines is 1. The fraction of sp³-hybridized carbons (Fsp3) is 0.353. The summed E-state index contributed by atoms with van der Waals surface area (Å²) < 4.78 is 5.50. The van der Waals surface area contributed by atoms with Gasteiger partial charge in [0, 0.05) is 43.2 Å². The van der Waals surface area contributed by atoms with Crippen LogP contribution in [0.5, 0.6) is 0 Å². The lowest BCUT2D eigenvalue weighted by Crippen LogP contribution is -2.41. The van der Waals surface area contributed by atoms with Crippen molar-refractivity contribution < 1.29 is 29.0 Å². The van der Waals surface area contributed by atoms with Crippen LogP contribution in [0.15, 0.2) is 65.6 Å². The third kappa shape index (κ3) is 11.8. The van der Waals surface area contributed by atoms with Gasteiger partial charge >= 0.3 is 5.97 Å². The first-order chi connectivity index (χ1) is 23.6. The summed E-state index contributed by atoms with van der Waals surface area (Å²) in [6.45, 7) is 2.70. The fourth-order valence-corrected chi connectivity index (χ4v) is 4.92. The normalized spacial score (nSPS) is 12.2. The zero-order chi connectivity index (χ0) is 35.2. The molecule has 0 spiro atoms. The maximum atomic E-state index is 12.7.